The Kier molecular flexibility index (Phi) is 29.8. The first kappa shape index (κ1) is 35.6. The van der Waals surface area contributed by atoms with Crippen LogP contribution < -0.4 is 0 Å². The highest BCUT2D eigenvalue weighted by molar-refractivity contribution is 8.29. The molecule has 6 nitrogen and oxygen atoms in total. The molecule has 194 valence electrons. The molecular weight excluding hydrogens is 641 g/mol. The number of rotatable bonds is 23. The number of aliphatic hydroxyl groups is 2. The summed E-state index contributed by atoms with van der Waals surface area (Å²) < 4.78 is 12.0. The van der Waals surface area contributed by atoms with Crippen molar-refractivity contribution in [1.29, 1.82) is 0 Å². The van der Waals surface area contributed by atoms with Gasteiger partial charge in [0.2, 0.25) is 0 Å². The lowest BCUT2D eigenvalue weighted by Crippen LogP contribution is -2.05. The first-order valence-corrected chi connectivity index (χ1v) is 21.6. The predicted octanol–water partition coefficient (Wildman–Crippen LogP) is 4.29. The summed E-state index contributed by atoms with van der Waals surface area (Å²) in [5, 5.41) is 21.4. The normalized spacial score (nSPS) is 12.1. The number of hydrogen-bond acceptors (Lipinski definition) is 16. The van der Waals surface area contributed by atoms with Gasteiger partial charge >= 0.3 is 0 Å². The molecular formula is C16H28O6S11. The molecule has 17 heteroatoms. The van der Waals surface area contributed by atoms with Gasteiger partial charge in [-0.15, -0.1) is 70.6 Å². The van der Waals surface area contributed by atoms with E-state index in [0.29, 0.717) is 43.4 Å². The first-order chi connectivity index (χ1) is 16.0. The Balaban J connectivity index is 3.51. The summed E-state index contributed by atoms with van der Waals surface area (Å²) in [6.45, 7) is 0. The second-order valence-corrected chi connectivity index (χ2v) is 19.0. The Hall–Kier alpha value is 2.58. The molecule has 0 aliphatic rings. The smallest absolute Gasteiger partial charge is 0.199 e. The van der Waals surface area contributed by atoms with Crippen LogP contribution in [0.15, 0.2) is 0 Å². The van der Waals surface area contributed by atoms with Gasteiger partial charge in [-0.2, -0.15) is 11.8 Å². The van der Waals surface area contributed by atoms with Gasteiger partial charge in [-0.25, -0.2) is 0 Å². The summed E-state index contributed by atoms with van der Waals surface area (Å²) in [5.74, 6) is 2.39. The molecule has 0 rings (SSSR count). The van der Waals surface area contributed by atoms with E-state index in [1.165, 1.54) is 94.1 Å². The highest BCUT2D eigenvalue weighted by atomic mass is 32.3. The van der Waals surface area contributed by atoms with Crippen LogP contribution in [-0.4, -0.2) is 101 Å². The molecule has 0 aliphatic carbocycles. The molecule has 1 atom stereocenters. The quantitative estimate of drug-likeness (QED) is 0.119. The SMILES string of the molecule is O=C(CSCCS(=O)CSCSC(=O)CSCC(=O)SCSCSCO)SCSCSCO. The molecule has 0 saturated carbocycles. The number of carbonyl (C=O) groups excluding carboxylic acids is 3. The minimum absolute atomic E-state index is 0.0180. The van der Waals surface area contributed by atoms with Gasteiger partial charge < -0.3 is 10.2 Å². The van der Waals surface area contributed by atoms with Gasteiger partial charge in [0.1, 0.15) is 0 Å². The zero-order valence-corrected chi connectivity index (χ0v) is 26.7. The maximum atomic E-state index is 12.0. The lowest BCUT2D eigenvalue weighted by molar-refractivity contribution is -0.109. The standard InChI is InChI=1S/C16H28O6S11/c17-6-25-8-27-10-30-14(19)3-23-1-2-33(22)13-29-12-32-16(21)5-24-4-15(20)31-11-28-9-26-7-18/h17-18H,1-13H2. The number of thioether (sulfide) groups is 10. The largest absolute Gasteiger partial charge is 0.386 e. The number of aliphatic hydroxyl groups excluding tert-OH is 2. The Labute approximate surface area is 241 Å². The summed E-state index contributed by atoms with van der Waals surface area (Å²) in [7, 11) is -0.977. The van der Waals surface area contributed by atoms with Crippen molar-refractivity contribution in [2.45, 2.75) is 0 Å². The van der Waals surface area contributed by atoms with Crippen LogP contribution in [0.4, 0.5) is 0 Å². The molecule has 0 bridgehead atoms. The van der Waals surface area contributed by atoms with Gasteiger partial charge in [0, 0.05) is 47.7 Å². The van der Waals surface area contributed by atoms with E-state index < -0.39 is 10.8 Å². The Bertz CT molecular complexity index is 555. The van der Waals surface area contributed by atoms with E-state index in [1.54, 1.807) is 23.5 Å². The van der Waals surface area contributed by atoms with Crippen molar-refractivity contribution >= 4 is 144 Å². The van der Waals surface area contributed by atoms with Crippen molar-refractivity contribution in [3.05, 3.63) is 0 Å². The van der Waals surface area contributed by atoms with Gasteiger partial charge in [0.25, 0.3) is 0 Å². The number of carbonyl (C=O) groups is 3. The molecule has 0 saturated heterocycles. The van der Waals surface area contributed by atoms with E-state index in [0.717, 1.165) is 10.2 Å². The average molecular weight is 669 g/mol. The third-order valence-corrected chi connectivity index (χ3v) is 15.7. The van der Waals surface area contributed by atoms with Crippen molar-refractivity contribution in [3.8, 4) is 0 Å². The van der Waals surface area contributed by atoms with E-state index >= 15 is 0 Å². The molecule has 33 heavy (non-hydrogen) atoms. The fraction of sp³-hybridized carbons (Fsp3) is 0.812. The molecule has 0 aromatic heterocycles. The fourth-order valence-corrected chi connectivity index (χ4v) is 13.1. The molecule has 0 heterocycles. The van der Waals surface area contributed by atoms with Gasteiger partial charge in [-0.1, -0.05) is 35.3 Å². The predicted molar refractivity (Wildman–Crippen MR) is 167 cm³/mol. The van der Waals surface area contributed by atoms with Gasteiger partial charge in [0.15, 0.2) is 15.3 Å². The van der Waals surface area contributed by atoms with Crippen LogP contribution in [0.25, 0.3) is 0 Å². The lowest BCUT2D eigenvalue weighted by atomic mass is 10.9. The Morgan fingerprint density at radius 2 is 1.03 bits per heavy atom. The van der Waals surface area contributed by atoms with Crippen LogP contribution in [0.2, 0.25) is 0 Å². The Morgan fingerprint density at radius 1 is 0.576 bits per heavy atom. The zero-order chi connectivity index (χ0) is 24.6. The van der Waals surface area contributed by atoms with E-state index in [2.05, 4.69) is 0 Å². The van der Waals surface area contributed by atoms with Crippen molar-refractivity contribution in [2.75, 3.05) is 71.2 Å². The summed E-state index contributed by atoms with van der Waals surface area (Å²) in [5.41, 5.74) is 0. The van der Waals surface area contributed by atoms with Crippen LogP contribution in [0.5, 0.6) is 0 Å². The molecule has 0 aromatic carbocycles. The maximum absolute atomic E-state index is 12.0. The number of hydrogen-bond donors (Lipinski definition) is 2. The third kappa shape index (κ3) is 27.4. The van der Waals surface area contributed by atoms with Gasteiger partial charge in [-0.05, 0) is 0 Å². The van der Waals surface area contributed by atoms with Crippen LogP contribution in [0, 0.1) is 0 Å². The monoisotopic (exact) mass is 668 g/mol. The highest BCUT2D eigenvalue weighted by Crippen LogP contribution is 2.21. The second kappa shape index (κ2) is 27.6. The Morgan fingerprint density at radius 3 is 1.52 bits per heavy atom. The molecule has 1 unspecified atom stereocenters. The third-order valence-electron chi connectivity index (χ3n) is 2.76. The molecule has 0 aromatic rings. The van der Waals surface area contributed by atoms with Crippen molar-refractivity contribution in [3.63, 3.8) is 0 Å². The minimum Gasteiger partial charge on any atom is -0.386 e. The van der Waals surface area contributed by atoms with Gasteiger partial charge in [-0.3, -0.25) is 18.6 Å². The highest BCUT2D eigenvalue weighted by Gasteiger charge is 2.09. The molecule has 0 aliphatic heterocycles. The summed E-state index contributed by atoms with van der Waals surface area (Å²) >= 11 is 14.0. The molecule has 0 spiro atoms. The molecule has 0 fully saturated rings. The summed E-state index contributed by atoms with van der Waals surface area (Å²) in [6, 6.07) is 0. The van der Waals surface area contributed by atoms with E-state index in [9.17, 15) is 18.6 Å². The molecule has 0 amide bonds. The van der Waals surface area contributed by atoms with Crippen molar-refractivity contribution < 1.29 is 28.8 Å². The maximum Gasteiger partial charge on any atom is 0.199 e. The minimum atomic E-state index is -0.977. The van der Waals surface area contributed by atoms with E-state index in [1.807, 2.05) is 0 Å². The fourth-order valence-electron chi connectivity index (χ4n) is 1.42. The van der Waals surface area contributed by atoms with Gasteiger partial charge in [0.05, 0.1) is 34.2 Å². The van der Waals surface area contributed by atoms with Crippen LogP contribution in [0.3, 0.4) is 0 Å². The first-order valence-electron chi connectivity index (χ1n) is 9.07. The van der Waals surface area contributed by atoms with Crippen molar-refractivity contribution in [2.24, 2.45) is 0 Å². The molecule has 0 radical (unpaired) electrons. The van der Waals surface area contributed by atoms with E-state index in [-0.39, 0.29) is 33.0 Å². The summed E-state index contributed by atoms with van der Waals surface area (Å²) in [6.07, 6.45) is 0. The van der Waals surface area contributed by atoms with Crippen molar-refractivity contribution in [1.82, 2.24) is 0 Å². The van der Waals surface area contributed by atoms with Crippen LogP contribution in [0.1, 0.15) is 0 Å². The topological polar surface area (TPSA) is 109 Å². The lowest BCUT2D eigenvalue weighted by Gasteiger charge is -2.04. The zero-order valence-electron chi connectivity index (χ0n) is 17.7. The van der Waals surface area contributed by atoms with Crippen LogP contribution >= 0.6 is 118 Å². The van der Waals surface area contributed by atoms with E-state index in [4.69, 9.17) is 10.2 Å². The summed E-state index contributed by atoms with van der Waals surface area (Å²) in [4.78, 5) is 35.3. The molecule has 2 N–H and O–H groups in total. The average Bonchev–Trinajstić information content (AvgIpc) is 2.79. The van der Waals surface area contributed by atoms with Crippen LogP contribution in [-0.2, 0) is 25.2 Å². The second-order valence-electron chi connectivity index (χ2n) is 5.22.